The molecular formula is C12H13ClN2OS. The Hall–Kier alpha value is -1.13. The number of hydrogen-bond acceptors (Lipinski definition) is 4. The summed E-state index contributed by atoms with van der Waals surface area (Å²) in [6.07, 6.45) is 0. The SMILES string of the molecule is CC(C)c1ccc(OCc2nncs2)c(Cl)c1. The molecule has 0 aliphatic heterocycles. The van der Waals surface area contributed by atoms with Crippen LogP contribution in [-0.2, 0) is 6.61 Å². The molecule has 1 aromatic heterocycles. The van der Waals surface area contributed by atoms with Crippen molar-refractivity contribution in [2.75, 3.05) is 0 Å². The van der Waals surface area contributed by atoms with Gasteiger partial charge in [0.25, 0.3) is 0 Å². The third kappa shape index (κ3) is 3.17. The molecule has 0 radical (unpaired) electrons. The molecule has 0 fully saturated rings. The summed E-state index contributed by atoms with van der Waals surface area (Å²) in [4.78, 5) is 0. The fraction of sp³-hybridized carbons (Fsp3) is 0.333. The van der Waals surface area contributed by atoms with E-state index in [1.54, 1.807) is 5.51 Å². The molecule has 90 valence electrons. The van der Waals surface area contributed by atoms with Crippen molar-refractivity contribution in [2.45, 2.75) is 26.4 Å². The van der Waals surface area contributed by atoms with Crippen LogP contribution in [0.4, 0.5) is 0 Å². The van der Waals surface area contributed by atoms with Gasteiger partial charge in [0.15, 0.2) is 5.01 Å². The van der Waals surface area contributed by atoms with Crippen molar-refractivity contribution in [3.05, 3.63) is 39.3 Å². The first-order chi connectivity index (χ1) is 8.16. The normalized spacial score (nSPS) is 10.8. The number of benzene rings is 1. The number of hydrogen-bond donors (Lipinski definition) is 0. The molecule has 0 saturated carbocycles. The van der Waals surface area contributed by atoms with Crippen LogP contribution < -0.4 is 4.74 Å². The zero-order chi connectivity index (χ0) is 12.3. The van der Waals surface area contributed by atoms with E-state index in [9.17, 15) is 0 Å². The molecule has 2 rings (SSSR count). The summed E-state index contributed by atoms with van der Waals surface area (Å²) in [5, 5.41) is 9.14. The minimum absolute atomic E-state index is 0.408. The summed E-state index contributed by atoms with van der Waals surface area (Å²) in [5.74, 6) is 1.15. The number of nitrogens with zero attached hydrogens (tertiary/aromatic N) is 2. The fourth-order valence-corrected chi connectivity index (χ4v) is 2.07. The molecule has 3 nitrogen and oxygen atoms in total. The van der Waals surface area contributed by atoms with E-state index in [0.717, 1.165) is 5.01 Å². The number of aromatic nitrogens is 2. The van der Waals surface area contributed by atoms with Crippen molar-refractivity contribution in [1.82, 2.24) is 10.2 Å². The van der Waals surface area contributed by atoms with Crippen LogP contribution in [0.3, 0.4) is 0 Å². The first-order valence-electron chi connectivity index (χ1n) is 5.34. The second-order valence-electron chi connectivity index (χ2n) is 3.97. The lowest BCUT2D eigenvalue weighted by Gasteiger charge is -2.10. The van der Waals surface area contributed by atoms with E-state index >= 15 is 0 Å². The van der Waals surface area contributed by atoms with E-state index in [4.69, 9.17) is 16.3 Å². The Kier molecular flexibility index (Phi) is 3.97. The average Bonchev–Trinajstić information content (AvgIpc) is 2.80. The molecule has 0 unspecified atom stereocenters. The summed E-state index contributed by atoms with van der Waals surface area (Å²) in [6, 6.07) is 5.88. The number of ether oxygens (including phenoxy) is 1. The first kappa shape index (κ1) is 12.3. The van der Waals surface area contributed by atoms with Gasteiger partial charge in [0.2, 0.25) is 0 Å². The van der Waals surface area contributed by atoms with E-state index in [1.165, 1.54) is 16.9 Å². The van der Waals surface area contributed by atoms with Crippen LogP contribution in [0.2, 0.25) is 5.02 Å². The van der Waals surface area contributed by atoms with Crippen molar-refractivity contribution in [3.63, 3.8) is 0 Å². The molecule has 2 aromatic rings. The molecule has 0 atom stereocenters. The van der Waals surface area contributed by atoms with Gasteiger partial charge in [0.1, 0.15) is 17.9 Å². The zero-order valence-corrected chi connectivity index (χ0v) is 11.3. The van der Waals surface area contributed by atoms with Crippen molar-refractivity contribution in [3.8, 4) is 5.75 Å². The predicted octanol–water partition coefficient (Wildman–Crippen LogP) is 3.89. The van der Waals surface area contributed by atoms with Crippen molar-refractivity contribution >= 4 is 22.9 Å². The minimum Gasteiger partial charge on any atom is -0.485 e. The van der Waals surface area contributed by atoms with E-state index < -0.39 is 0 Å². The Morgan fingerprint density at radius 3 is 2.82 bits per heavy atom. The monoisotopic (exact) mass is 268 g/mol. The van der Waals surface area contributed by atoms with Crippen molar-refractivity contribution in [1.29, 1.82) is 0 Å². The highest BCUT2D eigenvalue weighted by Crippen LogP contribution is 2.29. The molecule has 1 heterocycles. The quantitative estimate of drug-likeness (QED) is 0.844. The van der Waals surface area contributed by atoms with Gasteiger partial charge in [-0.15, -0.1) is 21.5 Å². The van der Waals surface area contributed by atoms with Crippen LogP contribution >= 0.6 is 22.9 Å². The minimum atomic E-state index is 0.408. The van der Waals surface area contributed by atoms with E-state index in [2.05, 4.69) is 24.0 Å². The van der Waals surface area contributed by atoms with Gasteiger partial charge < -0.3 is 4.74 Å². The third-order valence-electron chi connectivity index (χ3n) is 2.38. The van der Waals surface area contributed by atoms with Crippen LogP contribution in [0.15, 0.2) is 23.7 Å². The summed E-state index contributed by atoms with van der Waals surface area (Å²) < 4.78 is 5.59. The van der Waals surface area contributed by atoms with Gasteiger partial charge in [-0.25, -0.2) is 0 Å². The second-order valence-corrected chi connectivity index (χ2v) is 5.29. The second kappa shape index (κ2) is 5.47. The molecule has 0 amide bonds. The lowest BCUT2D eigenvalue weighted by molar-refractivity contribution is 0.304. The van der Waals surface area contributed by atoms with Gasteiger partial charge in [-0.1, -0.05) is 31.5 Å². The fourth-order valence-electron chi connectivity index (χ4n) is 1.39. The predicted molar refractivity (Wildman–Crippen MR) is 69.8 cm³/mol. The Bertz CT molecular complexity index is 485. The van der Waals surface area contributed by atoms with Crippen molar-refractivity contribution < 1.29 is 4.74 Å². The molecule has 1 aromatic carbocycles. The summed E-state index contributed by atoms with van der Waals surface area (Å²) in [7, 11) is 0. The summed E-state index contributed by atoms with van der Waals surface area (Å²) >= 11 is 7.62. The number of rotatable bonds is 4. The standard InChI is InChI=1S/C12H13ClN2OS/c1-8(2)9-3-4-11(10(13)5-9)16-6-12-15-14-7-17-12/h3-5,7-8H,6H2,1-2H3. The van der Waals surface area contributed by atoms with Crippen LogP contribution in [0.1, 0.15) is 30.3 Å². The molecule has 0 aliphatic carbocycles. The van der Waals surface area contributed by atoms with Crippen LogP contribution in [0, 0.1) is 0 Å². The van der Waals surface area contributed by atoms with Gasteiger partial charge in [0.05, 0.1) is 5.02 Å². The van der Waals surface area contributed by atoms with Gasteiger partial charge in [-0.05, 0) is 23.6 Å². The van der Waals surface area contributed by atoms with E-state index in [0.29, 0.717) is 23.3 Å². The lowest BCUT2D eigenvalue weighted by atomic mass is 10.0. The highest BCUT2D eigenvalue weighted by molar-refractivity contribution is 7.09. The Morgan fingerprint density at radius 2 is 2.24 bits per heavy atom. The Balaban J connectivity index is 2.06. The Morgan fingerprint density at radius 1 is 1.41 bits per heavy atom. The maximum Gasteiger partial charge on any atom is 0.154 e. The average molecular weight is 269 g/mol. The van der Waals surface area contributed by atoms with Crippen LogP contribution in [0.25, 0.3) is 0 Å². The summed E-state index contributed by atoms with van der Waals surface area (Å²) in [5.41, 5.74) is 2.89. The van der Waals surface area contributed by atoms with Gasteiger partial charge in [-0.3, -0.25) is 0 Å². The molecule has 0 bridgehead atoms. The largest absolute Gasteiger partial charge is 0.485 e. The molecular weight excluding hydrogens is 256 g/mol. The van der Waals surface area contributed by atoms with Gasteiger partial charge in [-0.2, -0.15) is 0 Å². The van der Waals surface area contributed by atoms with Crippen LogP contribution in [-0.4, -0.2) is 10.2 Å². The highest BCUT2D eigenvalue weighted by Gasteiger charge is 2.06. The smallest absolute Gasteiger partial charge is 0.154 e. The molecule has 0 saturated heterocycles. The van der Waals surface area contributed by atoms with E-state index in [-0.39, 0.29) is 0 Å². The van der Waals surface area contributed by atoms with E-state index in [1.807, 2.05) is 18.2 Å². The van der Waals surface area contributed by atoms with Gasteiger partial charge in [0, 0.05) is 0 Å². The van der Waals surface area contributed by atoms with Gasteiger partial charge >= 0.3 is 0 Å². The highest BCUT2D eigenvalue weighted by atomic mass is 35.5. The topological polar surface area (TPSA) is 35.0 Å². The molecule has 0 spiro atoms. The molecule has 5 heteroatoms. The van der Waals surface area contributed by atoms with Crippen LogP contribution in [0.5, 0.6) is 5.75 Å². The lowest BCUT2D eigenvalue weighted by Crippen LogP contribution is -1.96. The first-order valence-corrected chi connectivity index (χ1v) is 6.60. The maximum absolute atomic E-state index is 6.16. The van der Waals surface area contributed by atoms with Crippen molar-refractivity contribution in [2.24, 2.45) is 0 Å². The summed E-state index contributed by atoms with van der Waals surface area (Å²) in [6.45, 7) is 4.67. The maximum atomic E-state index is 6.16. The molecule has 17 heavy (non-hydrogen) atoms. The number of halogens is 1. The molecule has 0 aliphatic rings. The molecule has 0 N–H and O–H groups in total. The Labute approximate surface area is 109 Å². The third-order valence-corrected chi connectivity index (χ3v) is 3.35. The zero-order valence-electron chi connectivity index (χ0n) is 9.68.